The van der Waals surface area contributed by atoms with E-state index in [1.807, 2.05) is 51.1 Å². The third-order valence-corrected chi connectivity index (χ3v) is 6.98. The summed E-state index contributed by atoms with van der Waals surface area (Å²) in [6.45, 7) is 8.12. The monoisotopic (exact) mass is 440 g/mol. The summed E-state index contributed by atoms with van der Waals surface area (Å²) in [5, 5.41) is 3.29. The first-order chi connectivity index (χ1) is 15.4. The summed E-state index contributed by atoms with van der Waals surface area (Å²) in [6, 6.07) is 14.4. The Morgan fingerprint density at radius 2 is 1.78 bits per heavy atom. The molecule has 2 fully saturated rings. The summed E-state index contributed by atoms with van der Waals surface area (Å²) in [5.74, 6) is 2.08. The van der Waals surface area contributed by atoms with Gasteiger partial charge in [-0.05, 0) is 69.0 Å². The van der Waals surface area contributed by atoms with Crippen LogP contribution in [0.3, 0.4) is 0 Å². The minimum atomic E-state index is 0. The van der Waals surface area contributed by atoms with Crippen LogP contribution in [0.1, 0.15) is 56.0 Å². The number of nitrogens with one attached hydrogen (secondary N) is 1. The molecule has 0 bridgehead atoms. The third kappa shape index (κ3) is 4.78. The summed E-state index contributed by atoms with van der Waals surface area (Å²) in [5.41, 5.74) is 3.32. The summed E-state index contributed by atoms with van der Waals surface area (Å²) >= 11 is 0. The Morgan fingerprint density at radius 1 is 1.09 bits per heavy atom. The molecule has 1 saturated heterocycles. The van der Waals surface area contributed by atoms with Crippen LogP contribution in [0.2, 0.25) is 0 Å². The van der Waals surface area contributed by atoms with Gasteiger partial charge in [0.25, 0.3) is 5.91 Å². The molecule has 0 aromatic heterocycles. The molecule has 4 rings (SSSR count). The smallest absolute Gasteiger partial charge is 0.251 e. The van der Waals surface area contributed by atoms with Crippen molar-refractivity contribution in [1.82, 2.24) is 10.2 Å². The van der Waals surface area contributed by atoms with Gasteiger partial charge in [0.2, 0.25) is 0 Å². The molecule has 2 aromatic carbocycles. The Kier molecular flexibility index (Phi) is 7.83. The van der Waals surface area contributed by atoms with Gasteiger partial charge in [0.15, 0.2) is 11.5 Å². The van der Waals surface area contributed by atoms with Crippen LogP contribution >= 0.6 is 0 Å². The second-order valence-electron chi connectivity index (χ2n) is 8.93. The first kappa shape index (κ1) is 24.1. The number of hydrogen-bond acceptors (Lipinski definition) is 4. The SMILES string of the molecule is CC.COc1ccc([C@@]23CC[C@@H](NC(=O)c4ccc(C)cc4)C[C@@H]2CN(C)C3)cc1OC.[HH]. The zero-order chi connectivity index (χ0) is 23.3. The van der Waals surface area contributed by atoms with E-state index in [0.717, 1.165) is 55.0 Å². The average Bonchev–Trinajstić information content (AvgIpc) is 3.16. The summed E-state index contributed by atoms with van der Waals surface area (Å²) in [6.07, 6.45) is 3.03. The van der Waals surface area contributed by atoms with Crippen molar-refractivity contribution < 1.29 is 15.7 Å². The van der Waals surface area contributed by atoms with E-state index < -0.39 is 0 Å². The van der Waals surface area contributed by atoms with Crippen molar-refractivity contribution in [3.63, 3.8) is 0 Å². The number of methoxy groups -OCH3 is 2. The minimum Gasteiger partial charge on any atom is -0.493 e. The number of rotatable bonds is 5. The molecule has 2 aliphatic rings. The van der Waals surface area contributed by atoms with Gasteiger partial charge in [0.05, 0.1) is 14.2 Å². The number of likely N-dealkylation sites (N-methyl/N-ethyl adjacent to an activating group) is 1. The van der Waals surface area contributed by atoms with Crippen LogP contribution in [0.5, 0.6) is 11.5 Å². The number of carbonyl (C=O) groups is 1. The molecule has 1 saturated carbocycles. The first-order valence-electron chi connectivity index (χ1n) is 11.7. The molecule has 1 aliphatic heterocycles. The molecule has 3 atom stereocenters. The summed E-state index contributed by atoms with van der Waals surface area (Å²) in [4.78, 5) is 15.2. The zero-order valence-electron chi connectivity index (χ0n) is 20.4. The Bertz CT molecular complexity index is 918. The van der Waals surface area contributed by atoms with Crippen molar-refractivity contribution in [3.8, 4) is 11.5 Å². The van der Waals surface area contributed by atoms with Gasteiger partial charge in [-0.3, -0.25) is 4.79 Å². The third-order valence-electron chi connectivity index (χ3n) is 6.98. The van der Waals surface area contributed by atoms with E-state index in [1.54, 1.807) is 14.2 Å². The topological polar surface area (TPSA) is 50.8 Å². The molecule has 0 spiro atoms. The Labute approximate surface area is 194 Å². The van der Waals surface area contributed by atoms with E-state index in [9.17, 15) is 4.79 Å². The maximum Gasteiger partial charge on any atom is 0.251 e. The predicted octanol–water partition coefficient (Wildman–Crippen LogP) is 5.07. The maximum absolute atomic E-state index is 12.7. The predicted molar refractivity (Wildman–Crippen MR) is 132 cm³/mol. The average molecular weight is 441 g/mol. The summed E-state index contributed by atoms with van der Waals surface area (Å²) < 4.78 is 11.0. The van der Waals surface area contributed by atoms with Crippen LogP contribution in [-0.2, 0) is 5.41 Å². The van der Waals surface area contributed by atoms with Crippen LogP contribution in [-0.4, -0.2) is 51.2 Å². The Morgan fingerprint density at radius 3 is 2.44 bits per heavy atom. The number of likely N-dealkylation sites (tertiary alicyclic amines) is 1. The quantitative estimate of drug-likeness (QED) is 0.706. The van der Waals surface area contributed by atoms with Crippen LogP contribution < -0.4 is 14.8 Å². The van der Waals surface area contributed by atoms with Crippen LogP contribution in [0.25, 0.3) is 0 Å². The molecule has 5 heteroatoms. The van der Waals surface area contributed by atoms with Gasteiger partial charge in [-0.1, -0.05) is 37.6 Å². The number of benzene rings is 2. The number of ether oxygens (including phenoxy) is 2. The number of aryl methyl sites for hydroxylation is 1. The maximum atomic E-state index is 12.7. The number of nitrogens with zero attached hydrogens (tertiary/aromatic N) is 1. The molecule has 0 radical (unpaired) electrons. The lowest BCUT2D eigenvalue weighted by molar-refractivity contribution is 0.0904. The molecule has 1 amide bonds. The van der Waals surface area contributed by atoms with Gasteiger partial charge in [-0.2, -0.15) is 0 Å². The second-order valence-corrected chi connectivity index (χ2v) is 8.93. The molecule has 1 heterocycles. The van der Waals surface area contributed by atoms with Gasteiger partial charge in [0, 0.05) is 31.5 Å². The van der Waals surface area contributed by atoms with Gasteiger partial charge in [0.1, 0.15) is 0 Å². The largest absolute Gasteiger partial charge is 0.493 e. The lowest BCUT2D eigenvalue weighted by Crippen LogP contribution is -2.47. The number of amides is 1. The molecular formula is C27H40N2O3. The molecule has 1 aliphatic carbocycles. The highest BCUT2D eigenvalue weighted by Crippen LogP contribution is 2.49. The lowest BCUT2D eigenvalue weighted by Gasteiger charge is -2.43. The van der Waals surface area contributed by atoms with Crippen molar-refractivity contribution >= 4 is 5.91 Å². The highest BCUT2D eigenvalue weighted by atomic mass is 16.5. The zero-order valence-corrected chi connectivity index (χ0v) is 20.4. The van der Waals surface area contributed by atoms with E-state index in [1.165, 1.54) is 5.56 Å². The van der Waals surface area contributed by atoms with Crippen molar-refractivity contribution in [3.05, 3.63) is 59.2 Å². The second kappa shape index (κ2) is 10.4. The fourth-order valence-corrected chi connectivity index (χ4v) is 5.42. The van der Waals surface area contributed by atoms with E-state index in [-0.39, 0.29) is 18.8 Å². The molecule has 32 heavy (non-hydrogen) atoms. The van der Waals surface area contributed by atoms with Crippen molar-refractivity contribution in [1.29, 1.82) is 0 Å². The highest BCUT2D eigenvalue weighted by molar-refractivity contribution is 5.94. The van der Waals surface area contributed by atoms with E-state index in [0.29, 0.717) is 5.92 Å². The van der Waals surface area contributed by atoms with E-state index in [4.69, 9.17) is 9.47 Å². The molecule has 0 unspecified atom stereocenters. The van der Waals surface area contributed by atoms with E-state index >= 15 is 0 Å². The fraction of sp³-hybridized carbons (Fsp3) is 0.519. The number of hydrogen-bond donors (Lipinski definition) is 1. The van der Waals surface area contributed by atoms with Crippen molar-refractivity contribution in [2.24, 2.45) is 5.92 Å². The fourth-order valence-electron chi connectivity index (χ4n) is 5.42. The lowest BCUT2D eigenvalue weighted by atomic mass is 9.63. The summed E-state index contributed by atoms with van der Waals surface area (Å²) in [7, 11) is 5.56. The molecular weight excluding hydrogens is 400 g/mol. The van der Waals surface area contributed by atoms with Crippen molar-refractivity contribution in [2.45, 2.75) is 51.5 Å². The number of fused-ring (bicyclic) bond motifs is 1. The normalized spacial score (nSPS) is 24.7. The van der Waals surface area contributed by atoms with Gasteiger partial charge < -0.3 is 19.7 Å². The van der Waals surface area contributed by atoms with Gasteiger partial charge >= 0.3 is 0 Å². The number of carbonyl (C=O) groups excluding carboxylic acids is 1. The molecule has 176 valence electrons. The molecule has 2 aromatic rings. The van der Waals surface area contributed by atoms with Crippen LogP contribution in [0, 0.1) is 12.8 Å². The molecule has 5 nitrogen and oxygen atoms in total. The van der Waals surface area contributed by atoms with E-state index in [2.05, 4.69) is 29.4 Å². The Hall–Kier alpha value is -2.53. The first-order valence-corrected chi connectivity index (χ1v) is 11.7. The highest BCUT2D eigenvalue weighted by Gasteiger charge is 2.50. The van der Waals surface area contributed by atoms with Crippen LogP contribution in [0.15, 0.2) is 42.5 Å². The molecule has 1 N–H and O–H groups in total. The standard InChI is InChI=1S/C25H32N2O3.C2H6.H2/c1-17-5-7-18(8-6-17)24(28)26-21-11-12-25(16-27(2)15-20(25)13-21)19-9-10-22(29-3)23(14-19)30-4;1-2;/h5-10,14,20-21H,11-13,15-16H2,1-4H3,(H,26,28);1-2H3;1H/t20-,21-,25+;;/m1../s1. The van der Waals surface area contributed by atoms with Crippen LogP contribution in [0.4, 0.5) is 0 Å². The minimum absolute atomic E-state index is 0. The Balaban J connectivity index is 0.00000125. The van der Waals surface area contributed by atoms with Crippen molar-refractivity contribution in [2.75, 3.05) is 34.4 Å². The van der Waals surface area contributed by atoms with Gasteiger partial charge in [-0.15, -0.1) is 0 Å². The van der Waals surface area contributed by atoms with Gasteiger partial charge in [-0.25, -0.2) is 0 Å².